The molecule has 0 spiro atoms. The van der Waals surface area contributed by atoms with Crippen LogP contribution >= 0.6 is 27.5 Å². The van der Waals surface area contributed by atoms with Gasteiger partial charge in [0.05, 0.1) is 5.02 Å². The van der Waals surface area contributed by atoms with Crippen LogP contribution in [-0.4, -0.2) is 9.55 Å². The van der Waals surface area contributed by atoms with Gasteiger partial charge in [-0.3, -0.25) is 0 Å². The summed E-state index contributed by atoms with van der Waals surface area (Å²) >= 11 is 9.61. The van der Waals surface area contributed by atoms with Gasteiger partial charge in [0.25, 0.3) is 0 Å². The first-order chi connectivity index (χ1) is 9.65. The molecule has 2 N–H and O–H groups in total. The standard InChI is InChI=1S/C15H15BrClN3/c16-11-6-3-9(7-12(11)17)13-14(18)20(10-4-5-10)15(19-13)8-1-2-8/h3,6-8,10H,1-2,4-5,18H2. The van der Waals surface area contributed by atoms with E-state index in [0.29, 0.717) is 17.0 Å². The van der Waals surface area contributed by atoms with Crippen LogP contribution in [0.3, 0.4) is 0 Å². The van der Waals surface area contributed by atoms with Crippen LogP contribution in [0.15, 0.2) is 22.7 Å². The molecule has 0 aliphatic heterocycles. The molecule has 0 radical (unpaired) electrons. The number of nitrogen functional groups attached to an aromatic ring is 1. The van der Waals surface area contributed by atoms with Crippen LogP contribution in [0.25, 0.3) is 11.3 Å². The molecular weight excluding hydrogens is 338 g/mol. The van der Waals surface area contributed by atoms with Crippen molar-refractivity contribution in [3.63, 3.8) is 0 Å². The summed E-state index contributed by atoms with van der Waals surface area (Å²) in [5, 5.41) is 0.691. The van der Waals surface area contributed by atoms with E-state index in [0.717, 1.165) is 21.5 Å². The average Bonchev–Trinajstić information content (AvgIpc) is 3.32. The Morgan fingerprint density at radius 1 is 1.25 bits per heavy atom. The Kier molecular flexibility index (Phi) is 2.86. The van der Waals surface area contributed by atoms with Gasteiger partial charge < -0.3 is 10.3 Å². The molecule has 2 aliphatic carbocycles. The minimum absolute atomic E-state index is 0.567. The smallest absolute Gasteiger partial charge is 0.132 e. The van der Waals surface area contributed by atoms with Crippen molar-refractivity contribution in [2.75, 3.05) is 5.73 Å². The predicted molar refractivity (Wildman–Crippen MR) is 85.0 cm³/mol. The molecule has 0 bridgehead atoms. The molecule has 20 heavy (non-hydrogen) atoms. The molecule has 0 saturated heterocycles. The Morgan fingerprint density at radius 3 is 2.60 bits per heavy atom. The van der Waals surface area contributed by atoms with E-state index in [-0.39, 0.29) is 0 Å². The maximum Gasteiger partial charge on any atom is 0.132 e. The van der Waals surface area contributed by atoms with E-state index in [9.17, 15) is 0 Å². The number of nitrogens with zero attached hydrogens (tertiary/aromatic N) is 2. The van der Waals surface area contributed by atoms with Crippen molar-refractivity contribution < 1.29 is 0 Å². The second-order valence-electron chi connectivity index (χ2n) is 5.71. The summed E-state index contributed by atoms with van der Waals surface area (Å²) in [5.41, 5.74) is 8.26. The predicted octanol–water partition coefficient (Wildman–Crippen LogP) is 4.76. The van der Waals surface area contributed by atoms with Crippen molar-refractivity contribution >= 4 is 33.3 Å². The summed E-state index contributed by atoms with van der Waals surface area (Å²) in [7, 11) is 0. The molecule has 1 heterocycles. The van der Waals surface area contributed by atoms with E-state index >= 15 is 0 Å². The van der Waals surface area contributed by atoms with Crippen LogP contribution in [0.4, 0.5) is 5.82 Å². The lowest BCUT2D eigenvalue weighted by Crippen LogP contribution is -2.04. The largest absolute Gasteiger partial charge is 0.383 e. The molecule has 2 aromatic rings. The van der Waals surface area contributed by atoms with Gasteiger partial charge in [-0.1, -0.05) is 17.7 Å². The highest BCUT2D eigenvalue weighted by atomic mass is 79.9. The van der Waals surface area contributed by atoms with Crippen LogP contribution < -0.4 is 5.73 Å². The summed E-state index contributed by atoms with van der Waals surface area (Å²) in [6.07, 6.45) is 4.93. The molecule has 3 nitrogen and oxygen atoms in total. The van der Waals surface area contributed by atoms with E-state index in [4.69, 9.17) is 22.3 Å². The van der Waals surface area contributed by atoms with Gasteiger partial charge in [0, 0.05) is 22.0 Å². The Balaban J connectivity index is 1.84. The van der Waals surface area contributed by atoms with Crippen molar-refractivity contribution in [1.29, 1.82) is 0 Å². The van der Waals surface area contributed by atoms with Crippen LogP contribution in [0, 0.1) is 0 Å². The highest BCUT2D eigenvalue weighted by Gasteiger charge is 2.36. The summed E-state index contributed by atoms with van der Waals surface area (Å²) < 4.78 is 3.16. The normalized spacial score (nSPS) is 18.5. The Morgan fingerprint density at radius 2 is 2.00 bits per heavy atom. The second-order valence-corrected chi connectivity index (χ2v) is 6.97. The first kappa shape index (κ1) is 12.7. The molecule has 5 heteroatoms. The molecule has 2 aliphatic rings. The maximum absolute atomic E-state index is 6.38. The monoisotopic (exact) mass is 351 g/mol. The zero-order chi connectivity index (χ0) is 13.9. The van der Waals surface area contributed by atoms with Gasteiger partial charge in [0.15, 0.2) is 0 Å². The number of hydrogen-bond donors (Lipinski definition) is 1. The number of imidazole rings is 1. The van der Waals surface area contributed by atoms with Crippen LogP contribution in [0.5, 0.6) is 0 Å². The Hall–Kier alpha value is -1.00. The third-order valence-electron chi connectivity index (χ3n) is 4.02. The van der Waals surface area contributed by atoms with Gasteiger partial charge in [-0.25, -0.2) is 4.98 Å². The number of anilines is 1. The van der Waals surface area contributed by atoms with Crippen molar-refractivity contribution in [3.8, 4) is 11.3 Å². The summed E-state index contributed by atoms with van der Waals surface area (Å²) in [6.45, 7) is 0. The first-order valence-corrected chi connectivity index (χ1v) is 8.15. The fourth-order valence-corrected chi connectivity index (χ4v) is 3.09. The van der Waals surface area contributed by atoms with Crippen LogP contribution in [0.2, 0.25) is 5.02 Å². The fraction of sp³-hybridized carbons (Fsp3) is 0.400. The highest BCUT2D eigenvalue weighted by molar-refractivity contribution is 9.10. The molecule has 2 fully saturated rings. The molecule has 104 valence electrons. The van der Waals surface area contributed by atoms with Crippen molar-refractivity contribution in [3.05, 3.63) is 33.5 Å². The van der Waals surface area contributed by atoms with Gasteiger partial charge in [0.1, 0.15) is 17.3 Å². The number of benzene rings is 1. The second kappa shape index (κ2) is 4.50. The number of rotatable bonds is 3. The van der Waals surface area contributed by atoms with Gasteiger partial charge in [0.2, 0.25) is 0 Å². The summed E-state index contributed by atoms with van der Waals surface area (Å²) in [5.74, 6) is 2.59. The lowest BCUT2D eigenvalue weighted by molar-refractivity contribution is 0.691. The Bertz CT molecular complexity index is 687. The molecule has 0 unspecified atom stereocenters. The zero-order valence-electron chi connectivity index (χ0n) is 10.9. The van der Waals surface area contributed by atoms with Crippen molar-refractivity contribution in [2.24, 2.45) is 0 Å². The fourth-order valence-electron chi connectivity index (χ4n) is 2.67. The van der Waals surface area contributed by atoms with E-state index in [1.165, 1.54) is 31.5 Å². The number of nitrogens with two attached hydrogens (primary N) is 1. The molecule has 4 rings (SSSR count). The van der Waals surface area contributed by atoms with Crippen LogP contribution in [-0.2, 0) is 0 Å². The molecule has 0 amide bonds. The average molecular weight is 353 g/mol. The van der Waals surface area contributed by atoms with Gasteiger partial charge in [-0.15, -0.1) is 0 Å². The minimum atomic E-state index is 0.567. The summed E-state index contributed by atoms with van der Waals surface area (Å²) in [6, 6.07) is 6.46. The van der Waals surface area contributed by atoms with E-state index in [2.05, 4.69) is 20.5 Å². The topological polar surface area (TPSA) is 43.8 Å². The third-order valence-corrected chi connectivity index (χ3v) is 5.26. The van der Waals surface area contributed by atoms with Crippen molar-refractivity contribution in [2.45, 2.75) is 37.6 Å². The number of hydrogen-bond acceptors (Lipinski definition) is 2. The van der Waals surface area contributed by atoms with Gasteiger partial charge in [-0.05, 0) is 53.7 Å². The molecule has 2 saturated carbocycles. The Labute approximate surface area is 131 Å². The number of aromatic nitrogens is 2. The SMILES string of the molecule is Nc1c(-c2ccc(Br)c(Cl)c2)nc(C2CC2)n1C1CC1. The zero-order valence-corrected chi connectivity index (χ0v) is 13.3. The molecule has 1 aromatic heterocycles. The maximum atomic E-state index is 6.38. The van der Waals surface area contributed by atoms with Gasteiger partial charge >= 0.3 is 0 Å². The molecular formula is C15H15BrClN3. The van der Waals surface area contributed by atoms with Gasteiger partial charge in [-0.2, -0.15) is 0 Å². The molecule has 1 aromatic carbocycles. The van der Waals surface area contributed by atoms with E-state index in [1.807, 2.05) is 18.2 Å². The highest BCUT2D eigenvalue weighted by Crippen LogP contribution is 2.48. The molecule has 0 atom stereocenters. The lowest BCUT2D eigenvalue weighted by Gasteiger charge is -2.07. The minimum Gasteiger partial charge on any atom is -0.383 e. The lowest BCUT2D eigenvalue weighted by atomic mass is 10.1. The van der Waals surface area contributed by atoms with Crippen molar-refractivity contribution in [1.82, 2.24) is 9.55 Å². The van der Waals surface area contributed by atoms with Crippen LogP contribution in [0.1, 0.15) is 43.5 Å². The van der Waals surface area contributed by atoms with E-state index < -0.39 is 0 Å². The first-order valence-electron chi connectivity index (χ1n) is 6.98. The summed E-state index contributed by atoms with van der Waals surface area (Å²) in [4.78, 5) is 4.84. The van der Waals surface area contributed by atoms with E-state index in [1.54, 1.807) is 0 Å². The quantitative estimate of drug-likeness (QED) is 0.865. The third kappa shape index (κ3) is 2.06. The number of halogens is 2.